The molecule has 0 unspecified atom stereocenters. The Labute approximate surface area is 126 Å². The van der Waals surface area contributed by atoms with Gasteiger partial charge in [0.05, 0.1) is 19.3 Å². The Morgan fingerprint density at radius 2 is 2.14 bits per heavy atom. The fraction of sp³-hybridized carbons (Fsp3) is 0.625. The molecule has 1 N–H and O–H groups in total. The highest BCUT2D eigenvalue weighted by Crippen LogP contribution is 2.20. The fourth-order valence-corrected chi connectivity index (χ4v) is 2.55. The number of amides is 1. The summed E-state index contributed by atoms with van der Waals surface area (Å²) in [7, 11) is 0. The molecule has 5 heteroatoms. The third-order valence-electron chi connectivity index (χ3n) is 3.81. The molecule has 0 bridgehead atoms. The first-order valence-corrected chi connectivity index (χ1v) is 7.44. The topological polar surface area (TPSA) is 60.5 Å². The molecule has 116 valence electrons. The summed E-state index contributed by atoms with van der Waals surface area (Å²) in [5, 5.41) is 3.07. The minimum atomic E-state index is -0.807. The van der Waals surface area contributed by atoms with E-state index < -0.39 is 5.60 Å². The van der Waals surface area contributed by atoms with E-state index >= 15 is 0 Å². The lowest BCUT2D eigenvalue weighted by Crippen LogP contribution is -2.50. The first-order chi connectivity index (χ1) is 10.0. The van der Waals surface area contributed by atoms with Crippen molar-refractivity contribution >= 4 is 5.91 Å². The van der Waals surface area contributed by atoms with Crippen LogP contribution in [0.5, 0.6) is 0 Å². The zero-order valence-corrected chi connectivity index (χ0v) is 13.0. The van der Waals surface area contributed by atoms with E-state index in [4.69, 9.17) is 9.47 Å². The average Bonchev–Trinajstić information content (AvgIpc) is 2.87. The van der Waals surface area contributed by atoms with Gasteiger partial charge in [-0.2, -0.15) is 0 Å². The van der Waals surface area contributed by atoms with Gasteiger partial charge in [-0.1, -0.05) is 0 Å². The van der Waals surface area contributed by atoms with Gasteiger partial charge in [0.1, 0.15) is 5.60 Å². The van der Waals surface area contributed by atoms with Crippen LogP contribution in [0.25, 0.3) is 0 Å². The van der Waals surface area contributed by atoms with Gasteiger partial charge >= 0.3 is 0 Å². The van der Waals surface area contributed by atoms with Gasteiger partial charge in [0.15, 0.2) is 0 Å². The minimum absolute atomic E-state index is 0.0328. The van der Waals surface area contributed by atoms with Crippen molar-refractivity contribution in [2.45, 2.75) is 38.8 Å². The summed E-state index contributed by atoms with van der Waals surface area (Å²) >= 11 is 0. The maximum atomic E-state index is 12.3. The van der Waals surface area contributed by atoms with Crippen LogP contribution < -0.4 is 5.32 Å². The number of rotatable bonds is 6. The van der Waals surface area contributed by atoms with E-state index in [1.165, 1.54) is 5.56 Å². The monoisotopic (exact) mass is 292 g/mol. The van der Waals surface area contributed by atoms with Crippen LogP contribution in [0.3, 0.4) is 0 Å². The Morgan fingerprint density at radius 1 is 1.43 bits per heavy atom. The van der Waals surface area contributed by atoms with Crippen molar-refractivity contribution in [3.05, 3.63) is 30.1 Å². The highest BCUT2D eigenvalue weighted by atomic mass is 16.5. The van der Waals surface area contributed by atoms with E-state index in [0.29, 0.717) is 19.8 Å². The fourth-order valence-electron chi connectivity index (χ4n) is 2.55. The maximum absolute atomic E-state index is 12.3. The van der Waals surface area contributed by atoms with E-state index in [-0.39, 0.29) is 17.9 Å². The number of ether oxygens (including phenoxy) is 2. The third-order valence-corrected chi connectivity index (χ3v) is 3.81. The van der Waals surface area contributed by atoms with Crippen molar-refractivity contribution in [1.82, 2.24) is 10.3 Å². The summed E-state index contributed by atoms with van der Waals surface area (Å²) in [5.74, 6) is 0.202. The molecule has 0 saturated carbocycles. The lowest BCUT2D eigenvalue weighted by molar-refractivity contribution is -0.143. The molecule has 1 aromatic heterocycles. The van der Waals surface area contributed by atoms with Crippen LogP contribution >= 0.6 is 0 Å². The second kappa shape index (κ2) is 7.00. The molecule has 21 heavy (non-hydrogen) atoms. The second-order valence-corrected chi connectivity index (χ2v) is 5.88. The molecule has 1 aromatic rings. The number of carbonyl (C=O) groups excluding carboxylic acids is 1. The Bertz CT molecular complexity index is 462. The largest absolute Gasteiger partial charge is 0.379 e. The molecular formula is C16H24N2O3. The van der Waals surface area contributed by atoms with Gasteiger partial charge < -0.3 is 14.8 Å². The van der Waals surface area contributed by atoms with Gasteiger partial charge in [-0.3, -0.25) is 9.78 Å². The molecule has 1 aliphatic heterocycles. The number of nitrogens with one attached hydrogen (secondary N) is 1. The number of hydrogen-bond acceptors (Lipinski definition) is 4. The van der Waals surface area contributed by atoms with Crippen LogP contribution in [-0.2, 0) is 20.7 Å². The molecule has 2 heterocycles. The molecule has 2 atom stereocenters. The molecule has 0 aromatic carbocycles. The normalized spacial score (nSPS) is 22.2. The molecule has 1 saturated heterocycles. The maximum Gasteiger partial charge on any atom is 0.251 e. The van der Waals surface area contributed by atoms with Crippen molar-refractivity contribution in [2.75, 3.05) is 19.8 Å². The van der Waals surface area contributed by atoms with Gasteiger partial charge in [-0.15, -0.1) is 0 Å². The SMILES string of the molecule is CCOC(C)(C)C(=O)N[C@@H]1COC[C@H]1Cc1ccncc1. The molecule has 1 fully saturated rings. The number of aromatic nitrogens is 1. The van der Waals surface area contributed by atoms with Crippen molar-refractivity contribution in [2.24, 2.45) is 5.92 Å². The predicted octanol–water partition coefficient (Wildman–Crippen LogP) is 1.57. The number of nitrogens with zero attached hydrogens (tertiary/aromatic N) is 1. The smallest absolute Gasteiger partial charge is 0.251 e. The Hall–Kier alpha value is -1.46. The highest BCUT2D eigenvalue weighted by molar-refractivity contribution is 5.84. The van der Waals surface area contributed by atoms with Gasteiger partial charge in [0.2, 0.25) is 0 Å². The van der Waals surface area contributed by atoms with Gasteiger partial charge in [0, 0.05) is 24.9 Å². The lowest BCUT2D eigenvalue weighted by atomic mass is 9.94. The lowest BCUT2D eigenvalue weighted by Gasteiger charge is -2.27. The summed E-state index contributed by atoms with van der Waals surface area (Å²) in [5.41, 5.74) is 0.405. The number of carbonyl (C=O) groups is 1. The first kappa shape index (κ1) is 15.9. The quantitative estimate of drug-likeness (QED) is 0.864. The predicted molar refractivity (Wildman–Crippen MR) is 79.9 cm³/mol. The summed E-state index contributed by atoms with van der Waals surface area (Å²) in [6.07, 6.45) is 4.45. The standard InChI is InChI=1S/C16H24N2O3/c1-4-21-16(2,3)15(19)18-14-11-20-10-13(14)9-12-5-7-17-8-6-12/h5-8,13-14H,4,9-11H2,1-3H3,(H,18,19)/t13-,14-/m1/s1. The van der Waals surface area contributed by atoms with Crippen molar-refractivity contribution < 1.29 is 14.3 Å². The molecule has 5 nitrogen and oxygen atoms in total. The van der Waals surface area contributed by atoms with Crippen molar-refractivity contribution in [3.8, 4) is 0 Å². The number of hydrogen-bond donors (Lipinski definition) is 1. The Kier molecular flexibility index (Phi) is 5.31. The Morgan fingerprint density at radius 3 is 2.81 bits per heavy atom. The van der Waals surface area contributed by atoms with Crippen LogP contribution in [-0.4, -0.2) is 42.4 Å². The summed E-state index contributed by atoms with van der Waals surface area (Å²) in [6, 6.07) is 4.04. The summed E-state index contributed by atoms with van der Waals surface area (Å²) < 4.78 is 11.0. The van der Waals surface area contributed by atoms with E-state index in [2.05, 4.69) is 10.3 Å². The van der Waals surface area contributed by atoms with Crippen LogP contribution in [0, 0.1) is 5.92 Å². The third kappa shape index (κ3) is 4.25. The average molecular weight is 292 g/mol. The first-order valence-electron chi connectivity index (χ1n) is 7.44. The summed E-state index contributed by atoms with van der Waals surface area (Å²) in [6.45, 7) is 7.22. The van der Waals surface area contributed by atoms with E-state index in [1.54, 1.807) is 26.2 Å². The molecule has 0 aliphatic carbocycles. The van der Waals surface area contributed by atoms with Crippen LogP contribution in [0.4, 0.5) is 0 Å². The molecule has 2 rings (SSSR count). The van der Waals surface area contributed by atoms with E-state index in [0.717, 1.165) is 6.42 Å². The highest BCUT2D eigenvalue weighted by Gasteiger charge is 2.35. The zero-order valence-electron chi connectivity index (χ0n) is 13.0. The van der Waals surface area contributed by atoms with Crippen LogP contribution in [0.15, 0.2) is 24.5 Å². The number of pyridine rings is 1. The molecular weight excluding hydrogens is 268 g/mol. The zero-order chi connectivity index (χ0) is 15.3. The van der Waals surface area contributed by atoms with Crippen molar-refractivity contribution in [3.63, 3.8) is 0 Å². The molecule has 0 radical (unpaired) electrons. The molecule has 1 aliphatic rings. The molecule has 0 spiro atoms. The van der Waals surface area contributed by atoms with Crippen molar-refractivity contribution in [1.29, 1.82) is 0 Å². The summed E-state index contributed by atoms with van der Waals surface area (Å²) in [4.78, 5) is 16.3. The van der Waals surface area contributed by atoms with Gasteiger partial charge in [-0.05, 0) is 44.9 Å². The van der Waals surface area contributed by atoms with Gasteiger partial charge in [-0.25, -0.2) is 0 Å². The second-order valence-electron chi connectivity index (χ2n) is 5.88. The molecule has 1 amide bonds. The van der Waals surface area contributed by atoms with E-state index in [1.807, 2.05) is 19.1 Å². The van der Waals surface area contributed by atoms with Gasteiger partial charge in [0.25, 0.3) is 5.91 Å². The Balaban J connectivity index is 1.94. The minimum Gasteiger partial charge on any atom is -0.379 e. The van der Waals surface area contributed by atoms with E-state index in [9.17, 15) is 4.79 Å². The van der Waals surface area contributed by atoms with Crippen LogP contribution in [0.2, 0.25) is 0 Å². The van der Waals surface area contributed by atoms with Crippen LogP contribution in [0.1, 0.15) is 26.3 Å².